The fourth-order valence-corrected chi connectivity index (χ4v) is 3.09. The van der Waals surface area contributed by atoms with E-state index in [4.69, 9.17) is 4.74 Å². The topological polar surface area (TPSA) is 87.7 Å². The molecule has 1 rings (SSSR count). The van der Waals surface area contributed by atoms with Crippen LogP contribution in [0, 0.1) is 0 Å². The van der Waals surface area contributed by atoms with Crippen LogP contribution in [0.2, 0.25) is 0 Å². The van der Waals surface area contributed by atoms with Crippen molar-refractivity contribution >= 4 is 15.9 Å². The van der Waals surface area contributed by atoms with Crippen molar-refractivity contribution < 1.29 is 17.9 Å². The minimum Gasteiger partial charge on any atom is -0.383 e. The summed E-state index contributed by atoms with van der Waals surface area (Å²) in [6, 6.07) is -0.113. The molecule has 1 unspecified atom stereocenters. The van der Waals surface area contributed by atoms with Crippen LogP contribution in [0.4, 0.5) is 0 Å². The molecule has 0 aliphatic carbocycles. The molecular weight excluding hydrogens is 282 g/mol. The van der Waals surface area contributed by atoms with E-state index in [9.17, 15) is 13.2 Å². The summed E-state index contributed by atoms with van der Waals surface area (Å²) in [6.45, 7) is 3.81. The van der Waals surface area contributed by atoms with Crippen molar-refractivity contribution in [2.45, 2.75) is 31.8 Å². The van der Waals surface area contributed by atoms with Crippen molar-refractivity contribution in [2.75, 3.05) is 39.6 Å². The van der Waals surface area contributed by atoms with Crippen LogP contribution in [0.1, 0.15) is 19.8 Å². The fourth-order valence-electron chi connectivity index (χ4n) is 2.21. The maximum absolute atomic E-state index is 11.8. The summed E-state index contributed by atoms with van der Waals surface area (Å²) in [5.74, 6) is -0.0624. The summed E-state index contributed by atoms with van der Waals surface area (Å²) in [5, 5.41) is 6.02. The van der Waals surface area contributed by atoms with Crippen molar-refractivity contribution in [3.05, 3.63) is 0 Å². The minimum absolute atomic E-state index is 0.0624. The average molecular weight is 307 g/mol. The molecule has 1 fully saturated rings. The van der Waals surface area contributed by atoms with E-state index in [2.05, 4.69) is 10.6 Å². The van der Waals surface area contributed by atoms with Gasteiger partial charge in [0, 0.05) is 32.8 Å². The van der Waals surface area contributed by atoms with Crippen LogP contribution in [0.5, 0.6) is 0 Å². The van der Waals surface area contributed by atoms with Gasteiger partial charge in [-0.1, -0.05) is 0 Å². The quantitative estimate of drug-likeness (QED) is 0.598. The zero-order chi connectivity index (χ0) is 15.2. The van der Waals surface area contributed by atoms with E-state index >= 15 is 0 Å². The Morgan fingerprint density at radius 3 is 2.50 bits per heavy atom. The average Bonchev–Trinajstić information content (AvgIpc) is 2.38. The summed E-state index contributed by atoms with van der Waals surface area (Å²) in [4.78, 5) is 11.8. The molecule has 1 saturated heterocycles. The molecule has 8 heteroatoms. The molecule has 0 aromatic heterocycles. The summed E-state index contributed by atoms with van der Waals surface area (Å²) in [7, 11) is -1.51. The third kappa shape index (κ3) is 5.74. The van der Waals surface area contributed by atoms with Crippen LogP contribution in [0.15, 0.2) is 0 Å². The zero-order valence-corrected chi connectivity index (χ0v) is 13.2. The molecule has 1 heterocycles. The molecule has 0 saturated carbocycles. The number of amides is 1. The first-order valence-electron chi connectivity index (χ1n) is 6.82. The van der Waals surface area contributed by atoms with Crippen molar-refractivity contribution in [3.63, 3.8) is 0 Å². The lowest BCUT2D eigenvalue weighted by Crippen LogP contribution is -2.51. The monoisotopic (exact) mass is 307 g/mol. The fraction of sp³-hybridized carbons (Fsp3) is 0.917. The highest BCUT2D eigenvalue weighted by Gasteiger charge is 2.26. The van der Waals surface area contributed by atoms with Gasteiger partial charge in [0.05, 0.1) is 18.9 Å². The lowest BCUT2D eigenvalue weighted by atomic mass is 10.1. The van der Waals surface area contributed by atoms with Gasteiger partial charge in [0.2, 0.25) is 15.9 Å². The Kier molecular flexibility index (Phi) is 6.87. The Morgan fingerprint density at radius 1 is 1.40 bits per heavy atom. The number of sulfonamides is 1. The maximum atomic E-state index is 11.8. The van der Waals surface area contributed by atoms with E-state index in [0.717, 1.165) is 12.8 Å². The Hall–Kier alpha value is -0.700. The first-order chi connectivity index (χ1) is 9.34. The number of nitrogens with one attached hydrogen (secondary N) is 2. The molecule has 0 spiro atoms. The molecule has 1 aliphatic rings. The Morgan fingerprint density at radius 2 is 2.00 bits per heavy atom. The molecule has 0 radical (unpaired) electrons. The van der Waals surface area contributed by atoms with Gasteiger partial charge in [-0.05, 0) is 19.8 Å². The SMILES string of the molecule is COCCNC(=O)C(C)NC1CCN(S(C)(=O)=O)CC1. The van der Waals surface area contributed by atoms with Gasteiger partial charge >= 0.3 is 0 Å². The number of carbonyl (C=O) groups is 1. The number of nitrogens with zero attached hydrogens (tertiary/aromatic N) is 1. The molecule has 118 valence electrons. The van der Waals surface area contributed by atoms with Crippen LogP contribution in [0.25, 0.3) is 0 Å². The second kappa shape index (κ2) is 7.92. The summed E-state index contributed by atoms with van der Waals surface area (Å²) in [6.07, 6.45) is 2.68. The van der Waals surface area contributed by atoms with Crippen LogP contribution in [-0.2, 0) is 19.6 Å². The van der Waals surface area contributed by atoms with Gasteiger partial charge in [-0.3, -0.25) is 4.79 Å². The number of piperidine rings is 1. The number of rotatable bonds is 7. The molecular formula is C12H25N3O4S. The van der Waals surface area contributed by atoms with Gasteiger partial charge in [0.15, 0.2) is 0 Å². The van der Waals surface area contributed by atoms with E-state index in [1.807, 2.05) is 6.92 Å². The Balaban J connectivity index is 2.30. The highest BCUT2D eigenvalue weighted by atomic mass is 32.2. The summed E-state index contributed by atoms with van der Waals surface area (Å²) < 4.78 is 29.1. The molecule has 0 bridgehead atoms. The number of ether oxygens (including phenoxy) is 1. The minimum atomic E-state index is -3.10. The second-order valence-corrected chi connectivity index (χ2v) is 7.09. The lowest BCUT2D eigenvalue weighted by Gasteiger charge is -2.32. The van der Waals surface area contributed by atoms with E-state index in [1.165, 1.54) is 10.6 Å². The molecule has 1 amide bonds. The van der Waals surface area contributed by atoms with Gasteiger partial charge in [0.1, 0.15) is 0 Å². The number of hydrogen-bond acceptors (Lipinski definition) is 5. The molecule has 0 aromatic carbocycles. The third-order valence-corrected chi connectivity index (χ3v) is 4.71. The van der Waals surface area contributed by atoms with E-state index in [1.54, 1.807) is 7.11 Å². The molecule has 1 aliphatic heterocycles. The number of methoxy groups -OCH3 is 1. The van der Waals surface area contributed by atoms with Gasteiger partial charge in [-0.25, -0.2) is 12.7 Å². The van der Waals surface area contributed by atoms with Gasteiger partial charge in [0.25, 0.3) is 0 Å². The lowest BCUT2D eigenvalue weighted by molar-refractivity contribution is -0.123. The van der Waals surface area contributed by atoms with Crippen LogP contribution >= 0.6 is 0 Å². The van der Waals surface area contributed by atoms with Crippen LogP contribution in [-0.4, -0.2) is 70.3 Å². The van der Waals surface area contributed by atoms with Crippen molar-refractivity contribution in [1.29, 1.82) is 0 Å². The van der Waals surface area contributed by atoms with Crippen molar-refractivity contribution in [2.24, 2.45) is 0 Å². The second-order valence-electron chi connectivity index (χ2n) is 5.11. The zero-order valence-electron chi connectivity index (χ0n) is 12.4. The first-order valence-corrected chi connectivity index (χ1v) is 8.67. The van der Waals surface area contributed by atoms with Gasteiger partial charge in [-0.15, -0.1) is 0 Å². The highest BCUT2D eigenvalue weighted by Crippen LogP contribution is 2.13. The number of carbonyl (C=O) groups excluding carboxylic acids is 1. The predicted molar refractivity (Wildman–Crippen MR) is 76.9 cm³/mol. The maximum Gasteiger partial charge on any atom is 0.236 e. The van der Waals surface area contributed by atoms with Crippen molar-refractivity contribution in [3.8, 4) is 0 Å². The summed E-state index contributed by atoms with van der Waals surface area (Å²) in [5.41, 5.74) is 0. The molecule has 1 atom stereocenters. The molecule has 0 aromatic rings. The summed E-state index contributed by atoms with van der Waals surface area (Å²) >= 11 is 0. The smallest absolute Gasteiger partial charge is 0.236 e. The van der Waals surface area contributed by atoms with Crippen molar-refractivity contribution in [1.82, 2.24) is 14.9 Å². The van der Waals surface area contributed by atoms with E-state index in [0.29, 0.717) is 26.2 Å². The standard InChI is InChI=1S/C12H25N3O4S/c1-10(12(16)13-6-9-19-2)14-11-4-7-15(8-5-11)20(3,17)18/h10-11,14H,4-9H2,1-3H3,(H,13,16). The molecule has 7 nitrogen and oxygen atoms in total. The molecule has 2 N–H and O–H groups in total. The normalized spacial score (nSPS) is 19.8. The number of hydrogen-bond donors (Lipinski definition) is 2. The predicted octanol–water partition coefficient (Wildman–Crippen LogP) is -0.849. The Labute approximate surface area is 121 Å². The van der Waals surface area contributed by atoms with Crippen LogP contribution < -0.4 is 10.6 Å². The van der Waals surface area contributed by atoms with Gasteiger partial charge < -0.3 is 15.4 Å². The van der Waals surface area contributed by atoms with Gasteiger partial charge in [-0.2, -0.15) is 0 Å². The Bertz CT molecular complexity index is 405. The van der Waals surface area contributed by atoms with E-state index < -0.39 is 10.0 Å². The molecule has 20 heavy (non-hydrogen) atoms. The largest absolute Gasteiger partial charge is 0.383 e. The first kappa shape index (κ1) is 17.4. The van der Waals surface area contributed by atoms with E-state index in [-0.39, 0.29) is 18.0 Å². The highest BCUT2D eigenvalue weighted by molar-refractivity contribution is 7.88. The van der Waals surface area contributed by atoms with Crippen LogP contribution in [0.3, 0.4) is 0 Å². The third-order valence-electron chi connectivity index (χ3n) is 3.41.